The highest BCUT2D eigenvalue weighted by atomic mass is 16.2. The van der Waals surface area contributed by atoms with Crippen molar-refractivity contribution in [2.45, 2.75) is 19.4 Å². The molecule has 2 aromatic carbocycles. The molecule has 0 saturated heterocycles. The van der Waals surface area contributed by atoms with Crippen LogP contribution in [0.1, 0.15) is 12.0 Å². The molecule has 0 saturated carbocycles. The fourth-order valence-electron chi connectivity index (χ4n) is 3.17. The molecule has 0 spiro atoms. The van der Waals surface area contributed by atoms with Crippen molar-refractivity contribution < 1.29 is 9.59 Å². The number of hydrogen-bond donors (Lipinski definition) is 2. The van der Waals surface area contributed by atoms with Gasteiger partial charge in [-0.2, -0.15) is 4.99 Å². The van der Waals surface area contributed by atoms with Gasteiger partial charge in [-0.25, -0.2) is 10.9 Å². The van der Waals surface area contributed by atoms with Crippen LogP contribution >= 0.6 is 0 Å². The summed E-state index contributed by atoms with van der Waals surface area (Å²) in [4.78, 5) is 30.7. The summed E-state index contributed by atoms with van der Waals surface area (Å²) in [6, 6.07) is 14.2. The number of anilines is 3. The van der Waals surface area contributed by atoms with Crippen molar-refractivity contribution in [3.8, 4) is 0 Å². The summed E-state index contributed by atoms with van der Waals surface area (Å²) in [5, 5.41) is 4.26. The zero-order valence-electron chi connectivity index (χ0n) is 13.6. The maximum atomic E-state index is 12.9. The number of para-hydroxylation sites is 3. The Morgan fingerprint density at radius 1 is 1.16 bits per heavy atom. The number of rotatable bonds is 2. The molecule has 0 aliphatic carbocycles. The molecule has 1 unspecified atom stereocenters. The topological polar surface area (TPSA) is 91.0 Å². The van der Waals surface area contributed by atoms with Crippen molar-refractivity contribution in [3.63, 3.8) is 0 Å². The van der Waals surface area contributed by atoms with Gasteiger partial charge in [0.2, 0.25) is 11.9 Å². The predicted molar refractivity (Wildman–Crippen MR) is 96.2 cm³/mol. The van der Waals surface area contributed by atoms with Crippen LogP contribution in [0.3, 0.4) is 0 Å². The number of benzene rings is 2. The summed E-state index contributed by atoms with van der Waals surface area (Å²) < 4.78 is 0. The van der Waals surface area contributed by atoms with Crippen molar-refractivity contribution in [1.82, 2.24) is 0 Å². The first-order valence-electron chi connectivity index (χ1n) is 7.97. The van der Waals surface area contributed by atoms with Crippen LogP contribution in [0.5, 0.6) is 0 Å². The van der Waals surface area contributed by atoms with Gasteiger partial charge in [0.05, 0.1) is 17.8 Å². The molecule has 25 heavy (non-hydrogen) atoms. The summed E-state index contributed by atoms with van der Waals surface area (Å²) in [6.45, 7) is 1.92. The average Bonchev–Trinajstić information content (AvgIpc) is 2.89. The fraction of sp³-hybridized carbons (Fsp3) is 0.167. The molecule has 4 rings (SSSR count). The predicted octanol–water partition coefficient (Wildman–Crippen LogP) is 1.79. The molecule has 0 fully saturated rings. The lowest BCUT2D eigenvalue weighted by Crippen LogP contribution is -2.55. The van der Waals surface area contributed by atoms with Crippen molar-refractivity contribution in [3.05, 3.63) is 54.1 Å². The van der Waals surface area contributed by atoms with Gasteiger partial charge in [0.25, 0.3) is 5.91 Å². The minimum atomic E-state index is -0.700. The lowest BCUT2D eigenvalue weighted by atomic mass is 10.1. The number of nitrogens with zero attached hydrogens (tertiary/aromatic N) is 3. The van der Waals surface area contributed by atoms with Crippen molar-refractivity contribution in [1.29, 1.82) is 0 Å². The number of nitrogens with one attached hydrogen (secondary N) is 1. The van der Waals surface area contributed by atoms with Crippen LogP contribution in [0.4, 0.5) is 17.1 Å². The van der Waals surface area contributed by atoms with Crippen LogP contribution in [-0.2, 0) is 9.59 Å². The molecule has 2 aromatic rings. The van der Waals surface area contributed by atoms with Crippen LogP contribution < -0.4 is 21.1 Å². The average molecular weight is 335 g/mol. The third kappa shape index (κ3) is 2.45. The molecule has 2 aliphatic rings. The van der Waals surface area contributed by atoms with Gasteiger partial charge < -0.3 is 5.32 Å². The number of amides is 2. The zero-order chi connectivity index (χ0) is 17.6. The van der Waals surface area contributed by atoms with Crippen LogP contribution in [0.25, 0.3) is 0 Å². The van der Waals surface area contributed by atoms with Gasteiger partial charge in [-0.1, -0.05) is 30.3 Å². The molecule has 1 atom stereocenters. The number of aryl methyl sites for hydroxylation is 1. The Hall–Kier alpha value is -3.19. The summed E-state index contributed by atoms with van der Waals surface area (Å²) in [5.74, 6) is 5.73. The lowest BCUT2D eigenvalue weighted by Gasteiger charge is -2.31. The van der Waals surface area contributed by atoms with E-state index in [-0.39, 0.29) is 24.2 Å². The quantitative estimate of drug-likeness (QED) is 0.817. The Bertz CT molecular complexity index is 908. The monoisotopic (exact) mass is 335 g/mol. The smallest absolute Gasteiger partial charge is 0.251 e. The Morgan fingerprint density at radius 3 is 2.60 bits per heavy atom. The largest absolute Gasteiger partial charge is 0.324 e. The summed E-state index contributed by atoms with van der Waals surface area (Å²) in [5.41, 5.74) is 3.15. The van der Waals surface area contributed by atoms with Crippen molar-refractivity contribution in [2.75, 3.05) is 15.2 Å². The minimum Gasteiger partial charge on any atom is -0.324 e. The third-order valence-corrected chi connectivity index (χ3v) is 4.44. The summed E-state index contributed by atoms with van der Waals surface area (Å²) in [7, 11) is 0. The van der Waals surface area contributed by atoms with E-state index in [1.165, 1.54) is 5.01 Å². The van der Waals surface area contributed by atoms with E-state index in [0.717, 1.165) is 16.9 Å². The highest BCUT2D eigenvalue weighted by molar-refractivity contribution is 6.23. The molecule has 3 N–H and O–H groups in total. The van der Waals surface area contributed by atoms with E-state index in [1.807, 2.05) is 55.5 Å². The van der Waals surface area contributed by atoms with Crippen molar-refractivity contribution >= 4 is 34.8 Å². The third-order valence-electron chi connectivity index (χ3n) is 4.44. The van der Waals surface area contributed by atoms with E-state index in [4.69, 9.17) is 5.84 Å². The van der Waals surface area contributed by atoms with Gasteiger partial charge >= 0.3 is 0 Å². The molecule has 2 heterocycles. The van der Waals surface area contributed by atoms with E-state index in [2.05, 4.69) is 10.3 Å². The SMILES string of the molecule is Cc1ccccc1NC(=O)C1CC(=O)N=C2N(N)c3ccccc3N21. The number of aliphatic imine (C=N–C) groups is 1. The summed E-state index contributed by atoms with van der Waals surface area (Å²) in [6.07, 6.45) is 0.00336. The van der Waals surface area contributed by atoms with Crippen molar-refractivity contribution in [2.24, 2.45) is 10.8 Å². The second-order valence-corrected chi connectivity index (χ2v) is 6.06. The molecule has 7 nitrogen and oxygen atoms in total. The first-order chi connectivity index (χ1) is 12.1. The van der Waals surface area contributed by atoms with Gasteiger partial charge in [0.1, 0.15) is 6.04 Å². The number of hydrogen-bond acceptors (Lipinski definition) is 5. The highest BCUT2D eigenvalue weighted by Gasteiger charge is 2.43. The molecule has 0 aromatic heterocycles. The fourth-order valence-corrected chi connectivity index (χ4v) is 3.17. The number of carbonyl (C=O) groups excluding carboxylic acids is 2. The number of carbonyl (C=O) groups is 2. The molecule has 7 heteroatoms. The van der Waals surface area contributed by atoms with E-state index in [9.17, 15) is 9.59 Å². The van der Waals surface area contributed by atoms with E-state index < -0.39 is 6.04 Å². The van der Waals surface area contributed by atoms with Gasteiger partial charge in [0.15, 0.2) is 0 Å². The first kappa shape index (κ1) is 15.3. The Labute approximate surface area is 144 Å². The normalized spacial score (nSPS) is 18.6. The summed E-state index contributed by atoms with van der Waals surface area (Å²) >= 11 is 0. The van der Waals surface area contributed by atoms with Gasteiger partial charge in [-0.05, 0) is 30.7 Å². The Kier molecular flexibility index (Phi) is 3.51. The second-order valence-electron chi connectivity index (χ2n) is 6.06. The van der Waals surface area contributed by atoms with E-state index >= 15 is 0 Å². The van der Waals surface area contributed by atoms with E-state index in [0.29, 0.717) is 5.69 Å². The number of fused-ring (bicyclic) bond motifs is 3. The molecule has 2 aliphatic heterocycles. The van der Waals surface area contributed by atoms with E-state index in [1.54, 1.807) is 4.90 Å². The van der Waals surface area contributed by atoms with Gasteiger partial charge in [0, 0.05) is 5.69 Å². The Morgan fingerprint density at radius 2 is 1.84 bits per heavy atom. The second kappa shape index (κ2) is 5.71. The first-order valence-corrected chi connectivity index (χ1v) is 7.97. The number of guanidine groups is 1. The standard InChI is InChI=1S/C18H17N5O2/c1-11-6-2-3-7-12(11)20-17(25)15-10-16(24)21-18-22(15)13-8-4-5-9-14(13)23(18)19/h2-9,15H,10,19H2,1H3,(H,20,25). The van der Waals surface area contributed by atoms with Crippen LogP contribution in [0.2, 0.25) is 0 Å². The Balaban J connectivity index is 1.71. The molecule has 126 valence electrons. The maximum Gasteiger partial charge on any atom is 0.251 e. The molecule has 0 bridgehead atoms. The van der Waals surface area contributed by atoms with Crippen LogP contribution in [0, 0.1) is 6.92 Å². The number of nitrogens with two attached hydrogens (primary N) is 1. The minimum absolute atomic E-state index is 0.00336. The molecular weight excluding hydrogens is 318 g/mol. The van der Waals surface area contributed by atoms with Gasteiger partial charge in [-0.15, -0.1) is 0 Å². The van der Waals surface area contributed by atoms with Crippen LogP contribution in [0.15, 0.2) is 53.5 Å². The zero-order valence-corrected chi connectivity index (χ0v) is 13.6. The molecular formula is C18H17N5O2. The van der Waals surface area contributed by atoms with Crippen LogP contribution in [-0.4, -0.2) is 23.8 Å². The molecule has 0 radical (unpaired) electrons. The number of hydrazine groups is 1. The highest BCUT2D eigenvalue weighted by Crippen LogP contribution is 2.38. The lowest BCUT2D eigenvalue weighted by molar-refractivity contribution is -0.123. The molecule has 2 amide bonds. The van der Waals surface area contributed by atoms with Gasteiger partial charge in [-0.3, -0.25) is 14.5 Å². The maximum absolute atomic E-state index is 12.9.